The van der Waals surface area contributed by atoms with E-state index in [1.165, 1.54) is 0 Å². The van der Waals surface area contributed by atoms with Crippen LogP contribution >= 0.6 is 0 Å². The maximum Gasteiger partial charge on any atom is 0.0914 e. The maximum atomic E-state index is 9.90. The lowest BCUT2D eigenvalue weighted by Crippen LogP contribution is -2.23. The molecule has 2 N–H and O–H groups in total. The van der Waals surface area contributed by atoms with Crippen molar-refractivity contribution in [2.45, 2.75) is 26.4 Å². The molecule has 0 bridgehead atoms. The Kier molecular flexibility index (Phi) is 7.65. The first-order valence-corrected chi connectivity index (χ1v) is 6.71. The molecule has 1 aromatic rings. The van der Waals surface area contributed by atoms with Crippen LogP contribution in [0, 0.1) is 5.92 Å². The van der Waals surface area contributed by atoms with Crippen molar-refractivity contribution >= 4 is 0 Å². The summed E-state index contributed by atoms with van der Waals surface area (Å²) in [5, 5.41) is 13.1. The van der Waals surface area contributed by atoms with E-state index in [0.717, 1.165) is 31.7 Å². The molecule has 1 atom stereocenters. The first kappa shape index (κ1) is 15.2. The molecule has 102 valence electrons. The predicted octanol–water partition coefficient (Wildman–Crippen LogP) is 2.37. The van der Waals surface area contributed by atoms with Crippen LogP contribution in [0.3, 0.4) is 0 Å². The molecule has 3 heteroatoms. The van der Waals surface area contributed by atoms with Gasteiger partial charge in [-0.1, -0.05) is 44.2 Å². The van der Waals surface area contributed by atoms with Crippen LogP contribution in [0.4, 0.5) is 0 Å². The fraction of sp³-hybridized carbons (Fsp3) is 0.600. The summed E-state index contributed by atoms with van der Waals surface area (Å²) < 4.78 is 5.48. The minimum atomic E-state index is -0.428. The van der Waals surface area contributed by atoms with Gasteiger partial charge in [0.2, 0.25) is 0 Å². The number of rotatable bonds is 9. The highest BCUT2D eigenvalue weighted by atomic mass is 16.5. The highest BCUT2D eigenvalue weighted by molar-refractivity contribution is 5.17. The Morgan fingerprint density at radius 3 is 2.61 bits per heavy atom. The third-order valence-corrected chi connectivity index (χ3v) is 2.62. The Labute approximate surface area is 110 Å². The van der Waals surface area contributed by atoms with Gasteiger partial charge in [-0.25, -0.2) is 0 Å². The average Bonchev–Trinajstić information content (AvgIpc) is 2.38. The normalized spacial score (nSPS) is 12.9. The number of aliphatic hydroxyl groups excluding tert-OH is 1. The standard InChI is InChI=1S/C15H25NO2/c1-13(2)12-18-10-6-9-16-11-15(17)14-7-4-3-5-8-14/h3-5,7-8,13,15-17H,6,9-12H2,1-2H3. The number of nitrogens with one attached hydrogen (secondary N) is 1. The molecule has 1 unspecified atom stereocenters. The largest absolute Gasteiger partial charge is 0.387 e. The summed E-state index contributed by atoms with van der Waals surface area (Å²) in [6, 6.07) is 9.72. The van der Waals surface area contributed by atoms with E-state index in [-0.39, 0.29) is 0 Å². The molecule has 1 aromatic carbocycles. The van der Waals surface area contributed by atoms with Crippen molar-refractivity contribution in [1.29, 1.82) is 0 Å². The van der Waals surface area contributed by atoms with E-state index in [1.54, 1.807) is 0 Å². The van der Waals surface area contributed by atoms with E-state index in [4.69, 9.17) is 4.74 Å². The van der Waals surface area contributed by atoms with E-state index < -0.39 is 6.10 Å². The quantitative estimate of drug-likeness (QED) is 0.662. The fourth-order valence-electron chi connectivity index (χ4n) is 1.65. The highest BCUT2D eigenvalue weighted by Gasteiger charge is 2.05. The third-order valence-electron chi connectivity index (χ3n) is 2.62. The fourth-order valence-corrected chi connectivity index (χ4v) is 1.65. The van der Waals surface area contributed by atoms with Crippen LogP contribution in [0.15, 0.2) is 30.3 Å². The van der Waals surface area contributed by atoms with Crippen molar-refractivity contribution < 1.29 is 9.84 Å². The summed E-state index contributed by atoms with van der Waals surface area (Å²) >= 11 is 0. The van der Waals surface area contributed by atoms with Gasteiger partial charge in [-0.15, -0.1) is 0 Å². The number of benzene rings is 1. The molecule has 0 aliphatic rings. The molecule has 0 saturated carbocycles. The molecular formula is C15H25NO2. The molecule has 0 spiro atoms. The minimum Gasteiger partial charge on any atom is -0.387 e. The summed E-state index contributed by atoms with van der Waals surface area (Å²) in [6.07, 6.45) is 0.552. The van der Waals surface area contributed by atoms with Crippen LogP contribution in [-0.4, -0.2) is 31.4 Å². The van der Waals surface area contributed by atoms with Gasteiger partial charge >= 0.3 is 0 Å². The van der Waals surface area contributed by atoms with Gasteiger partial charge in [0.1, 0.15) is 0 Å². The lowest BCUT2D eigenvalue weighted by molar-refractivity contribution is 0.106. The Balaban J connectivity index is 2.01. The Hall–Kier alpha value is -0.900. The SMILES string of the molecule is CC(C)COCCCNCC(O)c1ccccc1. The number of hydrogen-bond donors (Lipinski definition) is 2. The topological polar surface area (TPSA) is 41.5 Å². The number of aliphatic hydroxyl groups is 1. The van der Waals surface area contributed by atoms with Crippen molar-refractivity contribution in [3.05, 3.63) is 35.9 Å². The smallest absolute Gasteiger partial charge is 0.0914 e. The molecule has 0 aliphatic heterocycles. The van der Waals surface area contributed by atoms with Crippen LogP contribution in [0.25, 0.3) is 0 Å². The van der Waals surface area contributed by atoms with E-state index in [9.17, 15) is 5.11 Å². The molecular weight excluding hydrogens is 226 g/mol. The molecule has 0 aromatic heterocycles. The Bertz CT molecular complexity index is 301. The van der Waals surface area contributed by atoms with Gasteiger partial charge in [-0.2, -0.15) is 0 Å². The zero-order chi connectivity index (χ0) is 13.2. The molecule has 3 nitrogen and oxygen atoms in total. The van der Waals surface area contributed by atoms with Crippen LogP contribution < -0.4 is 5.32 Å². The van der Waals surface area contributed by atoms with E-state index in [2.05, 4.69) is 19.2 Å². The van der Waals surface area contributed by atoms with Gasteiger partial charge < -0.3 is 15.2 Å². The van der Waals surface area contributed by atoms with Crippen molar-refractivity contribution in [2.75, 3.05) is 26.3 Å². The zero-order valence-electron chi connectivity index (χ0n) is 11.4. The van der Waals surface area contributed by atoms with E-state index in [0.29, 0.717) is 12.5 Å². The molecule has 0 fully saturated rings. The molecule has 1 rings (SSSR count). The van der Waals surface area contributed by atoms with Crippen LogP contribution in [0.2, 0.25) is 0 Å². The van der Waals surface area contributed by atoms with Crippen molar-refractivity contribution in [2.24, 2.45) is 5.92 Å². The molecule has 0 amide bonds. The van der Waals surface area contributed by atoms with Gasteiger partial charge in [0.05, 0.1) is 6.10 Å². The lowest BCUT2D eigenvalue weighted by Gasteiger charge is -2.12. The first-order chi connectivity index (χ1) is 8.70. The molecule has 0 heterocycles. The summed E-state index contributed by atoms with van der Waals surface area (Å²) in [6.45, 7) is 7.37. The van der Waals surface area contributed by atoms with E-state index >= 15 is 0 Å². The summed E-state index contributed by atoms with van der Waals surface area (Å²) in [4.78, 5) is 0. The predicted molar refractivity (Wildman–Crippen MR) is 74.5 cm³/mol. The highest BCUT2D eigenvalue weighted by Crippen LogP contribution is 2.10. The Morgan fingerprint density at radius 2 is 1.94 bits per heavy atom. The lowest BCUT2D eigenvalue weighted by atomic mass is 10.1. The number of ether oxygens (including phenoxy) is 1. The molecule has 0 radical (unpaired) electrons. The summed E-state index contributed by atoms with van der Waals surface area (Å²) in [5.41, 5.74) is 0.959. The number of hydrogen-bond acceptors (Lipinski definition) is 3. The van der Waals surface area contributed by atoms with Gasteiger partial charge in [0.15, 0.2) is 0 Å². The van der Waals surface area contributed by atoms with Crippen LogP contribution in [0.5, 0.6) is 0 Å². The molecule has 0 saturated heterocycles. The average molecular weight is 251 g/mol. The molecule has 0 aliphatic carbocycles. The second-order valence-electron chi connectivity index (χ2n) is 4.95. The third kappa shape index (κ3) is 6.74. The van der Waals surface area contributed by atoms with Gasteiger partial charge in [0.25, 0.3) is 0 Å². The summed E-state index contributed by atoms with van der Waals surface area (Å²) in [5.74, 6) is 0.595. The van der Waals surface area contributed by atoms with Gasteiger partial charge in [-0.05, 0) is 24.4 Å². The van der Waals surface area contributed by atoms with Crippen molar-refractivity contribution in [3.63, 3.8) is 0 Å². The zero-order valence-corrected chi connectivity index (χ0v) is 11.4. The second-order valence-corrected chi connectivity index (χ2v) is 4.95. The van der Waals surface area contributed by atoms with Crippen molar-refractivity contribution in [1.82, 2.24) is 5.32 Å². The van der Waals surface area contributed by atoms with Crippen molar-refractivity contribution in [3.8, 4) is 0 Å². The maximum absolute atomic E-state index is 9.90. The van der Waals surface area contributed by atoms with Crippen LogP contribution in [0.1, 0.15) is 31.9 Å². The van der Waals surface area contributed by atoms with Gasteiger partial charge in [0, 0.05) is 19.8 Å². The summed E-state index contributed by atoms with van der Waals surface area (Å²) in [7, 11) is 0. The Morgan fingerprint density at radius 1 is 1.22 bits per heavy atom. The minimum absolute atomic E-state index is 0.428. The van der Waals surface area contributed by atoms with Gasteiger partial charge in [-0.3, -0.25) is 0 Å². The van der Waals surface area contributed by atoms with E-state index in [1.807, 2.05) is 30.3 Å². The second kappa shape index (κ2) is 9.09. The van der Waals surface area contributed by atoms with Crippen LogP contribution in [-0.2, 0) is 4.74 Å². The monoisotopic (exact) mass is 251 g/mol. The first-order valence-electron chi connectivity index (χ1n) is 6.71. The molecule has 18 heavy (non-hydrogen) atoms.